The van der Waals surface area contributed by atoms with Crippen LogP contribution in [0, 0.1) is 11.8 Å². The van der Waals surface area contributed by atoms with Crippen molar-refractivity contribution in [1.29, 1.82) is 0 Å². The lowest BCUT2D eigenvalue weighted by atomic mass is 9.62. The molecule has 0 saturated heterocycles. The second-order valence-corrected chi connectivity index (χ2v) is 9.03. The molecule has 1 saturated carbocycles. The molecule has 0 N–H and O–H groups in total. The van der Waals surface area contributed by atoms with Crippen molar-refractivity contribution in [2.75, 3.05) is 13.7 Å². The fourth-order valence-electron chi connectivity index (χ4n) is 4.66. The molecule has 0 amide bonds. The van der Waals surface area contributed by atoms with Crippen molar-refractivity contribution >= 4 is 6.29 Å². The van der Waals surface area contributed by atoms with Gasteiger partial charge in [0.25, 0.3) is 0 Å². The van der Waals surface area contributed by atoms with E-state index >= 15 is 0 Å². The molecule has 2 heteroatoms. The summed E-state index contributed by atoms with van der Waals surface area (Å²) < 4.78 is 5.34. The average molecular weight is 314 g/mol. The van der Waals surface area contributed by atoms with Gasteiger partial charge in [-0.15, -0.1) is 0 Å². The zero-order valence-electron chi connectivity index (χ0n) is 15.4. The van der Waals surface area contributed by atoms with Crippen molar-refractivity contribution in [3.8, 4) is 0 Å². The van der Waals surface area contributed by atoms with Crippen LogP contribution in [-0.2, 0) is 25.8 Å². The molecule has 0 aromatic heterocycles. The Hall–Kier alpha value is -1.15. The first kappa shape index (κ1) is 16.7. The monoisotopic (exact) mass is 314 g/mol. The third kappa shape index (κ3) is 2.38. The number of rotatable bonds is 4. The molecule has 1 aromatic rings. The fourth-order valence-corrected chi connectivity index (χ4v) is 4.66. The lowest BCUT2D eigenvalue weighted by Crippen LogP contribution is -2.34. The van der Waals surface area contributed by atoms with Gasteiger partial charge in [-0.3, -0.25) is 0 Å². The average Bonchev–Trinajstić information content (AvgIpc) is 3.09. The molecule has 0 bridgehead atoms. The van der Waals surface area contributed by atoms with Gasteiger partial charge in [0, 0.05) is 24.4 Å². The molecule has 3 rings (SSSR count). The van der Waals surface area contributed by atoms with Crippen molar-refractivity contribution in [3.63, 3.8) is 0 Å². The van der Waals surface area contributed by atoms with Gasteiger partial charge in [0.2, 0.25) is 0 Å². The maximum absolute atomic E-state index is 11.5. The summed E-state index contributed by atoms with van der Waals surface area (Å²) >= 11 is 0. The van der Waals surface area contributed by atoms with Crippen molar-refractivity contribution in [2.45, 2.75) is 63.7 Å². The first-order valence-electron chi connectivity index (χ1n) is 8.78. The Morgan fingerprint density at radius 3 is 2.26 bits per heavy atom. The molecule has 1 fully saturated rings. The molecule has 0 spiro atoms. The SMILES string of the molecule is COC[C@H]1[C@@H](C=O)[C@@]1(C)c1ccc2c(c1)C(C)(C)CCC2(C)C. The lowest BCUT2D eigenvalue weighted by molar-refractivity contribution is -0.109. The second kappa shape index (κ2) is 5.17. The van der Waals surface area contributed by atoms with E-state index in [1.807, 2.05) is 0 Å². The van der Waals surface area contributed by atoms with E-state index in [9.17, 15) is 4.79 Å². The normalized spacial score (nSPS) is 33.8. The van der Waals surface area contributed by atoms with E-state index in [1.54, 1.807) is 7.11 Å². The summed E-state index contributed by atoms with van der Waals surface area (Å²) in [7, 11) is 1.72. The van der Waals surface area contributed by atoms with E-state index in [0.717, 1.165) is 6.29 Å². The molecular formula is C21H30O2. The summed E-state index contributed by atoms with van der Waals surface area (Å²) in [6.07, 6.45) is 3.57. The number of benzene rings is 1. The van der Waals surface area contributed by atoms with Crippen LogP contribution in [0.15, 0.2) is 18.2 Å². The molecule has 2 nitrogen and oxygen atoms in total. The van der Waals surface area contributed by atoms with E-state index < -0.39 is 0 Å². The Labute approximate surface area is 140 Å². The zero-order chi connectivity index (χ0) is 17.0. The minimum absolute atomic E-state index is 0.0650. The van der Waals surface area contributed by atoms with Crippen LogP contribution in [0.25, 0.3) is 0 Å². The molecule has 3 atom stereocenters. The van der Waals surface area contributed by atoms with Crippen LogP contribution in [0.2, 0.25) is 0 Å². The number of carbonyl (C=O) groups is 1. The van der Waals surface area contributed by atoms with E-state index in [2.05, 4.69) is 52.8 Å². The molecule has 0 aliphatic heterocycles. The highest BCUT2D eigenvalue weighted by atomic mass is 16.5. The van der Waals surface area contributed by atoms with Gasteiger partial charge in [-0.2, -0.15) is 0 Å². The molecule has 0 unspecified atom stereocenters. The standard InChI is InChI=1S/C21H30O2/c1-19(2)9-10-20(3,4)16-11-14(7-8-15(16)19)21(5)17(12-22)18(21)13-23-6/h7-8,11-12,17-18H,9-10,13H2,1-6H3/t17-,18+,21-/m1/s1. The smallest absolute Gasteiger partial charge is 0.124 e. The maximum atomic E-state index is 11.5. The number of methoxy groups -OCH3 is 1. The van der Waals surface area contributed by atoms with E-state index in [1.165, 1.54) is 29.5 Å². The van der Waals surface area contributed by atoms with Crippen LogP contribution in [0.3, 0.4) is 0 Å². The highest BCUT2D eigenvalue weighted by molar-refractivity contribution is 5.66. The number of fused-ring (bicyclic) bond motifs is 1. The van der Waals surface area contributed by atoms with Crippen molar-refractivity contribution < 1.29 is 9.53 Å². The van der Waals surface area contributed by atoms with Crippen LogP contribution in [0.4, 0.5) is 0 Å². The number of ether oxygens (including phenoxy) is 1. The molecule has 23 heavy (non-hydrogen) atoms. The van der Waals surface area contributed by atoms with Crippen LogP contribution >= 0.6 is 0 Å². The van der Waals surface area contributed by atoms with Crippen molar-refractivity contribution in [1.82, 2.24) is 0 Å². The highest BCUT2D eigenvalue weighted by Gasteiger charge is 2.62. The van der Waals surface area contributed by atoms with Gasteiger partial charge in [0.15, 0.2) is 0 Å². The summed E-state index contributed by atoms with van der Waals surface area (Å²) in [5.41, 5.74) is 4.64. The molecule has 0 heterocycles. The fraction of sp³-hybridized carbons (Fsp3) is 0.667. The van der Waals surface area contributed by atoms with E-state index in [0.29, 0.717) is 12.5 Å². The minimum atomic E-state index is -0.0650. The molecule has 2 aliphatic carbocycles. The number of aldehydes is 1. The predicted molar refractivity (Wildman–Crippen MR) is 94.0 cm³/mol. The lowest BCUT2D eigenvalue weighted by Gasteiger charge is -2.42. The van der Waals surface area contributed by atoms with Gasteiger partial charge in [-0.05, 0) is 40.4 Å². The Bertz CT molecular complexity index is 629. The topological polar surface area (TPSA) is 26.3 Å². The van der Waals surface area contributed by atoms with Crippen LogP contribution in [0.5, 0.6) is 0 Å². The van der Waals surface area contributed by atoms with Gasteiger partial charge in [0.05, 0.1) is 6.61 Å². The first-order chi connectivity index (χ1) is 10.7. The van der Waals surface area contributed by atoms with Gasteiger partial charge >= 0.3 is 0 Å². The quantitative estimate of drug-likeness (QED) is 0.771. The summed E-state index contributed by atoms with van der Waals surface area (Å²) in [5.74, 6) is 0.392. The summed E-state index contributed by atoms with van der Waals surface area (Å²) in [6.45, 7) is 12.3. The van der Waals surface area contributed by atoms with Crippen LogP contribution in [0.1, 0.15) is 64.2 Å². The molecule has 1 aromatic carbocycles. The molecular weight excluding hydrogens is 284 g/mol. The largest absolute Gasteiger partial charge is 0.384 e. The van der Waals surface area contributed by atoms with Crippen LogP contribution < -0.4 is 0 Å². The summed E-state index contributed by atoms with van der Waals surface area (Å²) in [6, 6.07) is 6.97. The highest BCUT2D eigenvalue weighted by Crippen LogP contribution is 2.59. The molecule has 0 radical (unpaired) electrons. The number of carbonyl (C=O) groups excluding carboxylic acids is 1. The summed E-state index contributed by atoms with van der Waals surface area (Å²) in [4.78, 5) is 11.5. The van der Waals surface area contributed by atoms with Gasteiger partial charge in [0.1, 0.15) is 6.29 Å². The first-order valence-corrected chi connectivity index (χ1v) is 8.78. The van der Waals surface area contributed by atoms with E-state index in [4.69, 9.17) is 4.74 Å². The van der Waals surface area contributed by atoms with E-state index in [-0.39, 0.29) is 22.2 Å². The second-order valence-electron chi connectivity index (χ2n) is 9.03. The zero-order valence-corrected chi connectivity index (χ0v) is 15.4. The third-order valence-electron chi connectivity index (χ3n) is 6.75. The third-order valence-corrected chi connectivity index (χ3v) is 6.75. The number of hydrogen-bond acceptors (Lipinski definition) is 2. The Kier molecular flexibility index (Phi) is 3.76. The Balaban J connectivity index is 2.06. The summed E-state index contributed by atoms with van der Waals surface area (Å²) in [5, 5.41) is 0. The maximum Gasteiger partial charge on any atom is 0.124 e. The minimum Gasteiger partial charge on any atom is -0.384 e. The van der Waals surface area contributed by atoms with Gasteiger partial charge in [-0.25, -0.2) is 0 Å². The molecule has 126 valence electrons. The molecule has 2 aliphatic rings. The predicted octanol–water partition coefficient (Wildman–Crippen LogP) is 4.38. The Morgan fingerprint density at radius 1 is 1.09 bits per heavy atom. The Morgan fingerprint density at radius 2 is 1.70 bits per heavy atom. The van der Waals surface area contributed by atoms with Gasteiger partial charge in [-0.1, -0.05) is 52.8 Å². The number of hydrogen-bond donors (Lipinski definition) is 0. The van der Waals surface area contributed by atoms with Crippen molar-refractivity contribution in [3.05, 3.63) is 34.9 Å². The van der Waals surface area contributed by atoms with Crippen molar-refractivity contribution in [2.24, 2.45) is 11.8 Å². The van der Waals surface area contributed by atoms with Crippen LogP contribution in [-0.4, -0.2) is 20.0 Å². The van der Waals surface area contributed by atoms with Gasteiger partial charge < -0.3 is 9.53 Å².